The first-order chi connectivity index (χ1) is 18.5. The molecule has 5 rings (SSSR count). The molecule has 0 saturated heterocycles. The number of ether oxygens (including phenoxy) is 2. The highest BCUT2D eigenvalue weighted by atomic mass is 79.9. The average Bonchev–Trinajstić information content (AvgIpc) is 2.95. The second kappa shape index (κ2) is 11.3. The predicted octanol–water partition coefficient (Wildman–Crippen LogP) is 5.66. The molecule has 0 aliphatic heterocycles. The van der Waals surface area contributed by atoms with Crippen molar-refractivity contribution in [2.24, 2.45) is 5.10 Å². The molecule has 4 aromatic carbocycles. The Labute approximate surface area is 227 Å². The van der Waals surface area contributed by atoms with Crippen molar-refractivity contribution < 1.29 is 14.3 Å². The van der Waals surface area contributed by atoms with Crippen molar-refractivity contribution in [2.75, 3.05) is 7.11 Å². The third-order valence-electron chi connectivity index (χ3n) is 6.06. The van der Waals surface area contributed by atoms with Gasteiger partial charge in [-0.15, -0.1) is 0 Å². The Morgan fingerprint density at radius 1 is 0.947 bits per heavy atom. The minimum absolute atomic E-state index is 0.00206. The molecular formula is C30H24BrN3O4. The molecule has 0 saturated carbocycles. The van der Waals surface area contributed by atoms with E-state index in [0.717, 1.165) is 5.56 Å². The first kappa shape index (κ1) is 25.2. The molecule has 190 valence electrons. The number of para-hydroxylation sites is 2. The summed E-state index contributed by atoms with van der Waals surface area (Å²) in [6.07, 6.45) is 1.54. The lowest BCUT2D eigenvalue weighted by Crippen LogP contribution is -2.25. The molecule has 5 aromatic rings. The summed E-state index contributed by atoms with van der Waals surface area (Å²) in [7, 11) is 1.57. The van der Waals surface area contributed by atoms with Crippen LogP contribution in [-0.2, 0) is 17.9 Å². The van der Waals surface area contributed by atoms with Crippen LogP contribution < -0.4 is 20.3 Å². The van der Waals surface area contributed by atoms with Crippen molar-refractivity contribution >= 4 is 49.9 Å². The largest absolute Gasteiger partial charge is 0.493 e. The predicted molar refractivity (Wildman–Crippen MR) is 153 cm³/mol. The monoisotopic (exact) mass is 569 g/mol. The molecule has 0 spiro atoms. The number of amides is 1. The highest BCUT2D eigenvalue weighted by Crippen LogP contribution is 2.36. The second-order valence-corrected chi connectivity index (χ2v) is 9.41. The van der Waals surface area contributed by atoms with E-state index in [4.69, 9.17) is 9.47 Å². The van der Waals surface area contributed by atoms with Crippen molar-refractivity contribution in [3.63, 3.8) is 0 Å². The number of rotatable bonds is 8. The van der Waals surface area contributed by atoms with Crippen LogP contribution in [0.4, 0.5) is 0 Å². The maximum absolute atomic E-state index is 12.9. The number of nitrogens with one attached hydrogen (secondary N) is 1. The van der Waals surface area contributed by atoms with Gasteiger partial charge in [0, 0.05) is 10.8 Å². The summed E-state index contributed by atoms with van der Waals surface area (Å²) in [5.41, 5.74) is 5.66. The molecule has 8 heteroatoms. The molecule has 0 radical (unpaired) electrons. The average molecular weight is 570 g/mol. The molecule has 1 N–H and O–H groups in total. The fourth-order valence-corrected chi connectivity index (χ4v) is 4.86. The van der Waals surface area contributed by atoms with Gasteiger partial charge >= 0.3 is 0 Å². The maximum atomic E-state index is 12.9. The van der Waals surface area contributed by atoms with Crippen LogP contribution >= 0.6 is 15.9 Å². The van der Waals surface area contributed by atoms with Crippen molar-refractivity contribution in [1.82, 2.24) is 9.99 Å². The van der Waals surface area contributed by atoms with Crippen LogP contribution in [-0.4, -0.2) is 23.8 Å². The van der Waals surface area contributed by atoms with Gasteiger partial charge in [-0.3, -0.25) is 9.59 Å². The molecule has 0 fully saturated rings. The lowest BCUT2D eigenvalue weighted by molar-refractivity contribution is -0.121. The number of pyridine rings is 1. The number of benzene rings is 4. The molecule has 0 bridgehead atoms. The molecule has 0 unspecified atom stereocenters. The van der Waals surface area contributed by atoms with Crippen LogP contribution in [0.25, 0.3) is 21.8 Å². The quantitative estimate of drug-likeness (QED) is 0.148. The second-order valence-electron chi connectivity index (χ2n) is 8.55. The molecule has 38 heavy (non-hydrogen) atoms. The molecule has 1 amide bonds. The van der Waals surface area contributed by atoms with Gasteiger partial charge in [-0.05, 0) is 63.5 Å². The lowest BCUT2D eigenvalue weighted by Gasteiger charge is -2.14. The number of carbonyl (C=O) groups excluding carboxylic acids is 1. The summed E-state index contributed by atoms with van der Waals surface area (Å²) in [5, 5.41) is 5.27. The van der Waals surface area contributed by atoms with E-state index >= 15 is 0 Å². The topological polar surface area (TPSA) is 81.9 Å². The fourth-order valence-electron chi connectivity index (χ4n) is 4.29. The molecular weight excluding hydrogens is 546 g/mol. The molecule has 0 aliphatic rings. The summed E-state index contributed by atoms with van der Waals surface area (Å²) < 4.78 is 14.0. The van der Waals surface area contributed by atoms with Gasteiger partial charge in [0.2, 0.25) is 0 Å². The van der Waals surface area contributed by atoms with Gasteiger partial charge in [-0.1, -0.05) is 54.6 Å². The normalized spacial score (nSPS) is 11.2. The first-order valence-corrected chi connectivity index (χ1v) is 12.7. The van der Waals surface area contributed by atoms with Crippen molar-refractivity contribution in [3.05, 3.63) is 117 Å². The highest BCUT2D eigenvalue weighted by Gasteiger charge is 2.14. The van der Waals surface area contributed by atoms with Gasteiger partial charge in [-0.25, -0.2) is 5.43 Å². The van der Waals surface area contributed by atoms with Crippen molar-refractivity contribution in [2.45, 2.75) is 13.2 Å². The Balaban J connectivity index is 1.33. The van der Waals surface area contributed by atoms with Crippen LogP contribution in [0, 0.1) is 0 Å². The van der Waals surface area contributed by atoms with Gasteiger partial charge in [0.25, 0.3) is 5.91 Å². The standard InChI is InChI=1S/C30H24BrN3O4/c1-37-27-16-21(15-24(31)30(27)38-19-20-9-3-2-4-10-20)17-32-33-28(35)18-34-25-13-7-5-11-22(25)29(36)23-12-6-8-14-26(23)34/h2-17H,18-19H2,1H3,(H,33,35)/b32-17+. The molecule has 7 nitrogen and oxygen atoms in total. The summed E-state index contributed by atoms with van der Waals surface area (Å²) in [4.78, 5) is 25.8. The third-order valence-corrected chi connectivity index (χ3v) is 6.65. The van der Waals surface area contributed by atoms with Crippen LogP contribution in [0.5, 0.6) is 11.5 Å². The Bertz CT molecular complexity index is 1650. The number of hydrazone groups is 1. The Kier molecular flexibility index (Phi) is 7.51. The van der Waals surface area contributed by atoms with Crippen molar-refractivity contribution in [1.29, 1.82) is 0 Å². The van der Waals surface area contributed by atoms with E-state index < -0.39 is 0 Å². The van der Waals surface area contributed by atoms with Crippen LogP contribution in [0.15, 0.2) is 105 Å². The number of aromatic nitrogens is 1. The van der Waals surface area contributed by atoms with Gasteiger partial charge in [0.1, 0.15) is 13.2 Å². The molecule has 0 aliphatic carbocycles. The van der Waals surface area contributed by atoms with E-state index in [1.54, 1.807) is 25.3 Å². The number of halogens is 1. The molecule has 1 aromatic heterocycles. The zero-order valence-corrected chi connectivity index (χ0v) is 22.1. The van der Waals surface area contributed by atoms with Crippen LogP contribution in [0.1, 0.15) is 11.1 Å². The number of hydrogen-bond acceptors (Lipinski definition) is 5. The minimum atomic E-state index is -0.325. The number of fused-ring (bicyclic) bond motifs is 2. The Morgan fingerprint density at radius 2 is 1.58 bits per heavy atom. The van der Waals surface area contributed by atoms with Crippen molar-refractivity contribution in [3.8, 4) is 11.5 Å². The van der Waals surface area contributed by atoms with E-state index in [0.29, 0.717) is 49.9 Å². The lowest BCUT2D eigenvalue weighted by atomic mass is 10.1. The SMILES string of the molecule is COc1cc(/C=N/NC(=O)Cn2c3ccccc3c(=O)c3ccccc32)cc(Br)c1OCc1ccccc1. The van der Waals surface area contributed by atoms with E-state index in [1.807, 2.05) is 77.4 Å². The zero-order valence-electron chi connectivity index (χ0n) is 20.6. The number of methoxy groups -OCH3 is 1. The first-order valence-electron chi connectivity index (χ1n) is 11.9. The Morgan fingerprint density at radius 3 is 2.24 bits per heavy atom. The maximum Gasteiger partial charge on any atom is 0.260 e. The zero-order chi connectivity index (χ0) is 26.5. The summed E-state index contributed by atoms with van der Waals surface area (Å²) in [6.45, 7) is 0.394. The number of nitrogens with zero attached hydrogens (tertiary/aromatic N) is 2. The third kappa shape index (κ3) is 5.31. The van der Waals surface area contributed by atoms with Gasteiger partial charge < -0.3 is 14.0 Å². The van der Waals surface area contributed by atoms with Gasteiger partial charge in [0.05, 0.1) is 28.8 Å². The number of hydrogen-bond donors (Lipinski definition) is 1. The van der Waals surface area contributed by atoms with E-state index in [2.05, 4.69) is 26.5 Å². The highest BCUT2D eigenvalue weighted by molar-refractivity contribution is 9.10. The minimum Gasteiger partial charge on any atom is -0.493 e. The summed E-state index contributed by atoms with van der Waals surface area (Å²) >= 11 is 3.55. The summed E-state index contributed by atoms with van der Waals surface area (Å²) in [5.74, 6) is 0.790. The van der Waals surface area contributed by atoms with Crippen LogP contribution in [0.2, 0.25) is 0 Å². The summed E-state index contributed by atoms with van der Waals surface area (Å²) in [6, 6.07) is 28.0. The molecule has 1 heterocycles. The van der Waals surface area contributed by atoms with Crippen LogP contribution in [0.3, 0.4) is 0 Å². The van der Waals surface area contributed by atoms with Gasteiger partial charge in [0.15, 0.2) is 16.9 Å². The fraction of sp³-hybridized carbons (Fsp3) is 0.100. The number of carbonyl (C=O) groups is 1. The van der Waals surface area contributed by atoms with E-state index in [9.17, 15) is 9.59 Å². The van der Waals surface area contributed by atoms with E-state index in [1.165, 1.54) is 6.21 Å². The smallest absolute Gasteiger partial charge is 0.260 e. The molecule has 0 atom stereocenters. The van der Waals surface area contributed by atoms with E-state index in [-0.39, 0.29) is 17.9 Å². The van der Waals surface area contributed by atoms with Gasteiger partial charge in [-0.2, -0.15) is 5.10 Å². The Hall–Kier alpha value is -4.43.